The van der Waals surface area contributed by atoms with E-state index in [1.165, 1.54) is 6.92 Å². The minimum Gasteiger partial charge on any atom is -0.481 e. The molecular weight excluding hydrogens is 354 g/mol. The van der Waals surface area contributed by atoms with E-state index in [1.807, 2.05) is 30.3 Å². The highest BCUT2D eigenvalue weighted by molar-refractivity contribution is 5.91. The lowest BCUT2D eigenvalue weighted by Gasteiger charge is -2.17. The van der Waals surface area contributed by atoms with Gasteiger partial charge in [0.2, 0.25) is 17.7 Å². The first-order valence-corrected chi connectivity index (χ1v) is 8.39. The molecule has 27 heavy (non-hydrogen) atoms. The molecule has 9 nitrogen and oxygen atoms in total. The molecule has 4 N–H and O–H groups in total. The van der Waals surface area contributed by atoms with E-state index in [-0.39, 0.29) is 18.9 Å². The number of carbonyl (C=O) groups excluding carboxylic acids is 4. The number of carboxylic acids is 1. The molecule has 0 radical (unpaired) electrons. The van der Waals surface area contributed by atoms with Crippen LogP contribution in [0.4, 0.5) is 0 Å². The molecule has 1 aromatic carbocycles. The van der Waals surface area contributed by atoms with Crippen LogP contribution in [0.3, 0.4) is 0 Å². The monoisotopic (exact) mass is 377 g/mol. The predicted octanol–water partition coefficient (Wildman–Crippen LogP) is -0.601. The molecule has 0 aliphatic rings. The lowest BCUT2D eigenvalue weighted by atomic mass is 10.1. The summed E-state index contributed by atoms with van der Waals surface area (Å²) in [6, 6.07) is 7.26. The number of aliphatic carboxylic acids is 1. The lowest BCUT2D eigenvalue weighted by molar-refractivity contribution is -0.139. The first-order chi connectivity index (χ1) is 12.8. The highest BCUT2D eigenvalue weighted by Gasteiger charge is 2.20. The van der Waals surface area contributed by atoms with E-state index in [2.05, 4.69) is 16.0 Å². The fraction of sp³-hybridized carbons (Fsp3) is 0.389. The van der Waals surface area contributed by atoms with Gasteiger partial charge in [0.25, 0.3) is 0 Å². The van der Waals surface area contributed by atoms with E-state index in [0.717, 1.165) is 5.56 Å². The number of aryl methyl sites for hydroxylation is 1. The van der Waals surface area contributed by atoms with Crippen LogP contribution in [0.25, 0.3) is 0 Å². The summed E-state index contributed by atoms with van der Waals surface area (Å²) in [5, 5.41) is 15.7. The van der Waals surface area contributed by atoms with Crippen LogP contribution in [0.15, 0.2) is 30.3 Å². The third-order valence-corrected chi connectivity index (χ3v) is 3.59. The molecule has 146 valence electrons. The third-order valence-electron chi connectivity index (χ3n) is 3.59. The van der Waals surface area contributed by atoms with E-state index >= 15 is 0 Å². The quantitative estimate of drug-likeness (QED) is 0.379. The van der Waals surface area contributed by atoms with Crippen molar-refractivity contribution in [1.82, 2.24) is 16.0 Å². The Morgan fingerprint density at radius 2 is 1.74 bits per heavy atom. The Hall–Kier alpha value is -3.23. The van der Waals surface area contributed by atoms with Gasteiger partial charge in [-0.3, -0.25) is 19.2 Å². The molecule has 1 aromatic rings. The second kappa shape index (κ2) is 11.4. The van der Waals surface area contributed by atoms with Gasteiger partial charge < -0.3 is 25.9 Å². The predicted molar refractivity (Wildman–Crippen MR) is 95.6 cm³/mol. The number of carbonyl (C=O) groups is 5. The molecular formula is C18H23N3O6. The number of hydrogen-bond acceptors (Lipinski definition) is 5. The number of amides is 3. The van der Waals surface area contributed by atoms with Crippen molar-refractivity contribution in [2.75, 3.05) is 6.54 Å². The van der Waals surface area contributed by atoms with Crippen molar-refractivity contribution in [3.05, 3.63) is 35.9 Å². The Balaban J connectivity index is 2.31. The minimum absolute atomic E-state index is 0.226. The van der Waals surface area contributed by atoms with E-state index in [1.54, 1.807) is 0 Å². The molecule has 0 heterocycles. The Morgan fingerprint density at radius 3 is 2.33 bits per heavy atom. The summed E-state index contributed by atoms with van der Waals surface area (Å²) < 4.78 is 0. The SMILES string of the molecule is C[C@H](NC(=O)CNC(=O)CCc1ccccc1)C(=O)NC(C=O)CC(=O)O. The molecule has 0 saturated carbocycles. The molecule has 9 heteroatoms. The molecule has 0 aliphatic carbocycles. The summed E-state index contributed by atoms with van der Waals surface area (Å²) in [5.41, 5.74) is 1.01. The normalized spacial score (nSPS) is 12.3. The molecule has 0 fully saturated rings. The summed E-state index contributed by atoms with van der Waals surface area (Å²) in [6.07, 6.45) is 0.536. The second-order valence-electron chi connectivity index (χ2n) is 5.90. The molecule has 0 spiro atoms. The van der Waals surface area contributed by atoms with Crippen LogP contribution in [0.5, 0.6) is 0 Å². The maximum Gasteiger partial charge on any atom is 0.305 e. The Morgan fingerprint density at radius 1 is 1.07 bits per heavy atom. The number of hydrogen-bond donors (Lipinski definition) is 4. The van der Waals surface area contributed by atoms with Crippen molar-refractivity contribution in [2.24, 2.45) is 0 Å². The molecule has 2 atom stereocenters. The average Bonchev–Trinajstić information content (AvgIpc) is 2.64. The highest BCUT2D eigenvalue weighted by Crippen LogP contribution is 2.01. The first kappa shape index (κ1) is 21.8. The average molecular weight is 377 g/mol. The van der Waals surface area contributed by atoms with E-state index in [9.17, 15) is 24.0 Å². The lowest BCUT2D eigenvalue weighted by Crippen LogP contribution is -2.50. The Labute approximate surface area is 156 Å². The number of aldehydes is 1. The largest absolute Gasteiger partial charge is 0.481 e. The van der Waals surface area contributed by atoms with Crippen molar-refractivity contribution in [3.8, 4) is 0 Å². The number of nitrogens with one attached hydrogen (secondary N) is 3. The standard InChI is InChI=1S/C18H23N3O6/c1-12(18(27)21-14(11-22)9-17(25)26)20-16(24)10-19-15(23)8-7-13-5-3-2-4-6-13/h2-6,11-12,14H,7-10H2,1H3,(H,19,23)(H,20,24)(H,21,27)(H,25,26)/t12-,14?/m0/s1. The zero-order valence-electron chi connectivity index (χ0n) is 14.9. The van der Waals surface area contributed by atoms with Gasteiger partial charge in [0.1, 0.15) is 12.3 Å². The van der Waals surface area contributed by atoms with Crippen molar-refractivity contribution in [1.29, 1.82) is 0 Å². The first-order valence-electron chi connectivity index (χ1n) is 8.39. The van der Waals surface area contributed by atoms with Crippen LogP contribution in [0.1, 0.15) is 25.3 Å². The van der Waals surface area contributed by atoms with Gasteiger partial charge in [0.15, 0.2) is 0 Å². The fourth-order valence-corrected chi connectivity index (χ4v) is 2.16. The smallest absolute Gasteiger partial charge is 0.305 e. The van der Waals surface area contributed by atoms with E-state index < -0.39 is 36.3 Å². The van der Waals surface area contributed by atoms with Crippen LogP contribution < -0.4 is 16.0 Å². The summed E-state index contributed by atoms with van der Waals surface area (Å²) in [4.78, 5) is 56.7. The second-order valence-corrected chi connectivity index (χ2v) is 5.90. The molecule has 0 saturated heterocycles. The van der Waals surface area contributed by atoms with Gasteiger partial charge in [0.05, 0.1) is 19.0 Å². The minimum atomic E-state index is -1.23. The summed E-state index contributed by atoms with van der Waals surface area (Å²) in [6.45, 7) is 1.09. The van der Waals surface area contributed by atoms with E-state index in [0.29, 0.717) is 12.7 Å². The van der Waals surface area contributed by atoms with Crippen molar-refractivity contribution >= 4 is 30.0 Å². The maximum atomic E-state index is 11.9. The van der Waals surface area contributed by atoms with E-state index in [4.69, 9.17) is 5.11 Å². The molecule has 0 aliphatic heterocycles. The van der Waals surface area contributed by atoms with Crippen molar-refractivity contribution in [3.63, 3.8) is 0 Å². The molecule has 0 bridgehead atoms. The fourth-order valence-electron chi connectivity index (χ4n) is 2.16. The molecule has 0 aromatic heterocycles. The Bertz CT molecular complexity index is 677. The van der Waals surface area contributed by atoms with Gasteiger partial charge in [-0.1, -0.05) is 30.3 Å². The number of rotatable bonds is 11. The van der Waals surface area contributed by atoms with Crippen molar-refractivity contribution in [2.45, 2.75) is 38.3 Å². The topological polar surface area (TPSA) is 142 Å². The Kier molecular flexibility index (Phi) is 9.21. The van der Waals surface area contributed by atoms with Crippen molar-refractivity contribution < 1.29 is 29.1 Å². The van der Waals surface area contributed by atoms with Crippen LogP contribution in [-0.2, 0) is 30.4 Å². The molecule has 3 amide bonds. The van der Waals surface area contributed by atoms with Gasteiger partial charge in [-0.2, -0.15) is 0 Å². The summed E-state index contributed by atoms with van der Waals surface area (Å²) in [7, 11) is 0. The molecule has 1 rings (SSSR count). The highest BCUT2D eigenvalue weighted by atomic mass is 16.4. The van der Waals surface area contributed by atoms with Crippen LogP contribution in [0, 0.1) is 0 Å². The van der Waals surface area contributed by atoms with Gasteiger partial charge in [0, 0.05) is 6.42 Å². The summed E-state index contributed by atoms with van der Waals surface area (Å²) >= 11 is 0. The van der Waals surface area contributed by atoms with Gasteiger partial charge >= 0.3 is 5.97 Å². The zero-order valence-corrected chi connectivity index (χ0v) is 14.9. The van der Waals surface area contributed by atoms with Gasteiger partial charge in [-0.05, 0) is 18.9 Å². The summed E-state index contributed by atoms with van der Waals surface area (Å²) in [5.74, 6) is -2.81. The van der Waals surface area contributed by atoms with Crippen LogP contribution in [-0.4, -0.2) is 53.7 Å². The zero-order chi connectivity index (χ0) is 20.2. The number of benzene rings is 1. The van der Waals surface area contributed by atoms with Gasteiger partial charge in [-0.25, -0.2) is 0 Å². The van der Waals surface area contributed by atoms with Crippen LogP contribution in [0.2, 0.25) is 0 Å². The third kappa shape index (κ3) is 9.15. The maximum absolute atomic E-state index is 11.9. The number of carboxylic acid groups (broad SMARTS) is 1. The van der Waals surface area contributed by atoms with Crippen LogP contribution >= 0.6 is 0 Å². The van der Waals surface area contributed by atoms with Gasteiger partial charge in [-0.15, -0.1) is 0 Å². The molecule has 1 unspecified atom stereocenters.